The van der Waals surface area contributed by atoms with E-state index in [1.165, 1.54) is 31.5 Å². The fourth-order valence-corrected chi connectivity index (χ4v) is 2.18. The number of hydrogen-bond donors (Lipinski definition) is 1. The molecule has 15 heavy (non-hydrogen) atoms. The van der Waals surface area contributed by atoms with E-state index in [2.05, 4.69) is 22.9 Å². The summed E-state index contributed by atoms with van der Waals surface area (Å²) in [4.78, 5) is 6.61. The highest BCUT2D eigenvalue weighted by Crippen LogP contribution is 2.20. The van der Waals surface area contributed by atoms with Gasteiger partial charge in [0.15, 0.2) is 0 Å². The average molecular weight is 205 g/mol. The van der Waals surface area contributed by atoms with E-state index in [1.54, 1.807) is 0 Å². The van der Waals surface area contributed by atoms with Crippen LogP contribution in [0.1, 0.15) is 25.3 Å². The molecule has 0 bridgehead atoms. The SMILES string of the molecule is CCC1CCN(Cc2ccc(N)nc2)C1. The van der Waals surface area contributed by atoms with Crippen molar-refractivity contribution in [3.63, 3.8) is 0 Å². The van der Waals surface area contributed by atoms with Crippen molar-refractivity contribution >= 4 is 5.82 Å². The van der Waals surface area contributed by atoms with E-state index in [9.17, 15) is 0 Å². The maximum atomic E-state index is 5.55. The fourth-order valence-electron chi connectivity index (χ4n) is 2.18. The minimum absolute atomic E-state index is 0.603. The molecule has 3 nitrogen and oxygen atoms in total. The summed E-state index contributed by atoms with van der Waals surface area (Å²) in [6.07, 6.45) is 4.53. The first kappa shape index (κ1) is 10.4. The lowest BCUT2D eigenvalue weighted by Gasteiger charge is -2.15. The van der Waals surface area contributed by atoms with Crippen molar-refractivity contribution in [1.82, 2.24) is 9.88 Å². The summed E-state index contributed by atoms with van der Waals surface area (Å²) >= 11 is 0. The highest BCUT2D eigenvalue weighted by atomic mass is 15.1. The Morgan fingerprint density at radius 3 is 3.00 bits per heavy atom. The first-order valence-electron chi connectivity index (χ1n) is 5.70. The van der Waals surface area contributed by atoms with Gasteiger partial charge in [0, 0.05) is 19.3 Å². The zero-order valence-electron chi connectivity index (χ0n) is 9.32. The number of rotatable bonds is 3. The van der Waals surface area contributed by atoms with Crippen LogP contribution in [0.15, 0.2) is 18.3 Å². The molecule has 1 aliphatic heterocycles. The molecule has 0 saturated carbocycles. The van der Waals surface area contributed by atoms with Crippen LogP contribution in [0.5, 0.6) is 0 Å². The summed E-state index contributed by atoms with van der Waals surface area (Å²) in [7, 11) is 0. The molecule has 82 valence electrons. The Balaban J connectivity index is 1.90. The summed E-state index contributed by atoms with van der Waals surface area (Å²) in [5, 5.41) is 0. The van der Waals surface area contributed by atoms with Gasteiger partial charge >= 0.3 is 0 Å². The third kappa shape index (κ3) is 2.69. The zero-order valence-corrected chi connectivity index (χ0v) is 9.32. The van der Waals surface area contributed by atoms with Crippen LogP contribution in [0.4, 0.5) is 5.82 Å². The minimum atomic E-state index is 0.603. The van der Waals surface area contributed by atoms with Crippen molar-refractivity contribution in [2.24, 2.45) is 5.92 Å². The fraction of sp³-hybridized carbons (Fsp3) is 0.583. The molecule has 3 heteroatoms. The smallest absolute Gasteiger partial charge is 0.123 e. The summed E-state index contributed by atoms with van der Waals surface area (Å²) in [6, 6.07) is 3.95. The second kappa shape index (κ2) is 4.62. The van der Waals surface area contributed by atoms with Gasteiger partial charge in [0.1, 0.15) is 5.82 Å². The van der Waals surface area contributed by atoms with E-state index in [0.717, 1.165) is 12.5 Å². The van der Waals surface area contributed by atoms with Crippen LogP contribution in [0.25, 0.3) is 0 Å². The van der Waals surface area contributed by atoms with Crippen molar-refractivity contribution in [2.45, 2.75) is 26.3 Å². The number of hydrogen-bond acceptors (Lipinski definition) is 3. The van der Waals surface area contributed by atoms with Crippen LogP contribution in [0.3, 0.4) is 0 Å². The van der Waals surface area contributed by atoms with Gasteiger partial charge in [-0.3, -0.25) is 4.90 Å². The summed E-state index contributed by atoms with van der Waals surface area (Å²) in [5.41, 5.74) is 6.82. The van der Waals surface area contributed by atoms with Gasteiger partial charge in [-0.1, -0.05) is 19.4 Å². The monoisotopic (exact) mass is 205 g/mol. The second-order valence-electron chi connectivity index (χ2n) is 4.39. The summed E-state index contributed by atoms with van der Waals surface area (Å²) < 4.78 is 0. The van der Waals surface area contributed by atoms with E-state index in [0.29, 0.717) is 5.82 Å². The number of pyridine rings is 1. The average Bonchev–Trinajstić information content (AvgIpc) is 2.69. The third-order valence-corrected chi connectivity index (χ3v) is 3.20. The lowest BCUT2D eigenvalue weighted by molar-refractivity contribution is 0.315. The molecular formula is C12H19N3. The molecule has 1 aliphatic rings. The highest BCUT2D eigenvalue weighted by molar-refractivity contribution is 5.29. The van der Waals surface area contributed by atoms with Gasteiger partial charge in [0.25, 0.3) is 0 Å². The molecule has 2 heterocycles. The largest absolute Gasteiger partial charge is 0.384 e. The molecule has 0 aliphatic carbocycles. The zero-order chi connectivity index (χ0) is 10.7. The molecular weight excluding hydrogens is 186 g/mol. The normalized spacial score (nSPS) is 22.1. The highest BCUT2D eigenvalue weighted by Gasteiger charge is 2.20. The van der Waals surface area contributed by atoms with Crippen molar-refractivity contribution in [2.75, 3.05) is 18.8 Å². The van der Waals surface area contributed by atoms with Gasteiger partial charge in [0.05, 0.1) is 0 Å². The first-order valence-corrected chi connectivity index (χ1v) is 5.70. The van der Waals surface area contributed by atoms with Crippen molar-refractivity contribution in [1.29, 1.82) is 0 Å². The number of nitrogens with two attached hydrogens (primary N) is 1. The van der Waals surface area contributed by atoms with Crippen LogP contribution in [0.2, 0.25) is 0 Å². The lowest BCUT2D eigenvalue weighted by atomic mass is 10.1. The molecule has 1 saturated heterocycles. The quantitative estimate of drug-likeness (QED) is 0.819. The van der Waals surface area contributed by atoms with Gasteiger partial charge < -0.3 is 5.73 Å². The van der Waals surface area contributed by atoms with E-state index in [-0.39, 0.29) is 0 Å². The lowest BCUT2D eigenvalue weighted by Crippen LogP contribution is -2.20. The first-order chi connectivity index (χ1) is 7.28. The molecule has 1 atom stereocenters. The number of nitrogens with zero attached hydrogens (tertiary/aromatic N) is 2. The Kier molecular flexibility index (Phi) is 3.21. The van der Waals surface area contributed by atoms with Gasteiger partial charge in [-0.2, -0.15) is 0 Å². The van der Waals surface area contributed by atoms with Crippen LogP contribution in [0, 0.1) is 5.92 Å². The van der Waals surface area contributed by atoms with Gasteiger partial charge in [-0.05, 0) is 30.5 Å². The van der Waals surface area contributed by atoms with Gasteiger partial charge in [-0.15, -0.1) is 0 Å². The maximum Gasteiger partial charge on any atom is 0.123 e. The number of likely N-dealkylation sites (tertiary alicyclic amines) is 1. The van der Waals surface area contributed by atoms with Gasteiger partial charge in [0.2, 0.25) is 0 Å². The third-order valence-electron chi connectivity index (χ3n) is 3.20. The van der Waals surface area contributed by atoms with Crippen molar-refractivity contribution < 1.29 is 0 Å². The number of anilines is 1. The number of aromatic nitrogens is 1. The standard InChI is InChI=1S/C12H19N3/c1-2-10-5-6-15(8-10)9-11-3-4-12(13)14-7-11/h3-4,7,10H,2,5-6,8-9H2,1H3,(H2,13,14). The topological polar surface area (TPSA) is 42.1 Å². The van der Waals surface area contributed by atoms with Crippen LogP contribution < -0.4 is 5.73 Å². The molecule has 0 aromatic carbocycles. The molecule has 1 unspecified atom stereocenters. The molecule has 2 N–H and O–H groups in total. The molecule has 1 aromatic heterocycles. The predicted molar refractivity (Wildman–Crippen MR) is 62.3 cm³/mol. The van der Waals surface area contributed by atoms with E-state index < -0.39 is 0 Å². The van der Waals surface area contributed by atoms with E-state index in [1.807, 2.05) is 12.3 Å². The van der Waals surface area contributed by atoms with Crippen LogP contribution in [-0.2, 0) is 6.54 Å². The van der Waals surface area contributed by atoms with Crippen LogP contribution in [-0.4, -0.2) is 23.0 Å². The minimum Gasteiger partial charge on any atom is -0.384 e. The van der Waals surface area contributed by atoms with E-state index >= 15 is 0 Å². The molecule has 0 spiro atoms. The maximum absolute atomic E-state index is 5.55. The Morgan fingerprint density at radius 2 is 2.40 bits per heavy atom. The van der Waals surface area contributed by atoms with Crippen molar-refractivity contribution in [3.05, 3.63) is 23.9 Å². The molecule has 0 amide bonds. The Labute approximate surface area is 91.3 Å². The van der Waals surface area contributed by atoms with Crippen LogP contribution >= 0.6 is 0 Å². The second-order valence-corrected chi connectivity index (χ2v) is 4.39. The summed E-state index contributed by atoms with van der Waals surface area (Å²) in [6.45, 7) is 5.76. The molecule has 0 radical (unpaired) electrons. The van der Waals surface area contributed by atoms with Crippen molar-refractivity contribution in [3.8, 4) is 0 Å². The molecule has 2 rings (SSSR count). The predicted octanol–water partition coefficient (Wildman–Crippen LogP) is 1.90. The number of nitrogen functional groups attached to an aromatic ring is 1. The Hall–Kier alpha value is -1.09. The Bertz CT molecular complexity index is 307. The Morgan fingerprint density at radius 1 is 1.53 bits per heavy atom. The molecule has 1 fully saturated rings. The van der Waals surface area contributed by atoms with E-state index in [4.69, 9.17) is 5.73 Å². The van der Waals surface area contributed by atoms with Gasteiger partial charge in [-0.25, -0.2) is 4.98 Å². The summed E-state index contributed by atoms with van der Waals surface area (Å²) in [5.74, 6) is 1.50. The molecule has 1 aromatic rings.